The molecule has 1 aliphatic heterocycles. The van der Waals surface area contributed by atoms with E-state index in [1.54, 1.807) is 42.5 Å². The van der Waals surface area contributed by atoms with Crippen molar-refractivity contribution in [1.29, 1.82) is 0 Å². The number of halogens is 1. The molecule has 0 aliphatic carbocycles. The van der Waals surface area contributed by atoms with Gasteiger partial charge in [0.2, 0.25) is 0 Å². The monoisotopic (exact) mass is 487 g/mol. The van der Waals surface area contributed by atoms with Crippen LogP contribution in [0.3, 0.4) is 0 Å². The maximum absolute atomic E-state index is 13.8. The maximum Gasteiger partial charge on any atom is 0.199 e. The summed E-state index contributed by atoms with van der Waals surface area (Å²) >= 11 is 6.45. The third-order valence-electron chi connectivity index (χ3n) is 6.10. The summed E-state index contributed by atoms with van der Waals surface area (Å²) < 4.78 is 11.8. The molecule has 2 heterocycles. The van der Waals surface area contributed by atoms with Gasteiger partial charge in [-0.2, -0.15) is 0 Å². The number of nitrogens with two attached hydrogens (primary N) is 1. The molecule has 5 rings (SSSR count). The second-order valence-corrected chi connectivity index (χ2v) is 9.10. The van der Waals surface area contributed by atoms with Gasteiger partial charge >= 0.3 is 0 Å². The summed E-state index contributed by atoms with van der Waals surface area (Å²) in [6.45, 7) is 5.13. The third kappa shape index (κ3) is 4.81. The van der Waals surface area contributed by atoms with Crippen LogP contribution in [0.2, 0.25) is 5.02 Å². The van der Waals surface area contributed by atoms with Crippen LogP contribution < -0.4 is 10.5 Å². The molecule has 0 bridgehead atoms. The van der Waals surface area contributed by atoms with Crippen molar-refractivity contribution in [2.24, 2.45) is 0 Å². The second-order valence-electron chi connectivity index (χ2n) is 8.69. The van der Waals surface area contributed by atoms with Gasteiger partial charge in [0, 0.05) is 35.5 Å². The van der Waals surface area contributed by atoms with Crippen molar-refractivity contribution in [3.8, 4) is 28.3 Å². The summed E-state index contributed by atoms with van der Waals surface area (Å²) in [5.74, 6) is 0.908. The van der Waals surface area contributed by atoms with Crippen LogP contribution in [-0.2, 0) is 0 Å². The Morgan fingerprint density at radius 1 is 1.09 bits per heavy atom. The Balaban J connectivity index is 1.46. The Hall–Kier alpha value is -3.61. The van der Waals surface area contributed by atoms with Crippen LogP contribution >= 0.6 is 11.6 Å². The zero-order chi connectivity index (χ0) is 24.4. The average molecular weight is 488 g/mol. The van der Waals surface area contributed by atoms with Crippen molar-refractivity contribution < 1.29 is 14.1 Å². The molecule has 178 valence electrons. The van der Waals surface area contributed by atoms with Gasteiger partial charge in [-0.25, -0.2) is 0 Å². The molecular formula is C28H26ClN3O3. The van der Waals surface area contributed by atoms with Crippen LogP contribution in [0.25, 0.3) is 22.6 Å². The molecule has 1 aliphatic rings. The zero-order valence-electron chi connectivity index (χ0n) is 19.4. The van der Waals surface area contributed by atoms with Crippen molar-refractivity contribution in [2.45, 2.75) is 19.4 Å². The summed E-state index contributed by atoms with van der Waals surface area (Å²) in [5, 5.41) is 4.74. The number of benzene rings is 3. The fourth-order valence-corrected chi connectivity index (χ4v) is 4.51. The van der Waals surface area contributed by atoms with Crippen LogP contribution in [0.15, 0.2) is 77.3 Å². The topological polar surface area (TPSA) is 81.6 Å². The maximum atomic E-state index is 13.8. The standard InChI is InChI=1S/C28H26ClN3O3/c1-2-15-32-16-22(17-32)34-21-13-9-18(10-14-21)27(33)25-26(23-5-3-4-6-24(23)29)31-35-28(25)19-7-11-20(30)12-8-19/h3-14,22H,2,15-17,30H2,1H3. The Kier molecular flexibility index (Phi) is 6.57. The lowest BCUT2D eigenvalue weighted by atomic mass is 9.95. The molecular weight excluding hydrogens is 462 g/mol. The highest BCUT2D eigenvalue weighted by Crippen LogP contribution is 2.37. The summed E-state index contributed by atoms with van der Waals surface area (Å²) in [6, 6.07) is 21.6. The lowest BCUT2D eigenvalue weighted by Crippen LogP contribution is -2.53. The molecule has 6 nitrogen and oxygen atoms in total. The summed E-state index contributed by atoms with van der Waals surface area (Å²) in [7, 11) is 0. The van der Waals surface area contributed by atoms with Crippen LogP contribution in [0, 0.1) is 0 Å². The smallest absolute Gasteiger partial charge is 0.199 e. The van der Waals surface area contributed by atoms with E-state index in [0.717, 1.165) is 31.8 Å². The van der Waals surface area contributed by atoms with Crippen molar-refractivity contribution >= 4 is 23.1 Å². The van der Waals surface area contributed by atoms with Gasteiger partial charge in [-0.1, -0.05) is 41.9 Å². The fourth-order valence-electron chi connectivity index (χ4n) is 4.29. The molecule has 0 radical (unpaired) electrons. The predicted molar refractivity (Wildman–Crippen MR) is 138 cm³/mol. The average Bonchev–Trinajstić information content (AvgIpc) is 3.28. The Morgan fingerprint density at radius 2 is 1.80 bits per heavy atom. The molecule has 0 atom stereocenters. The molecule has 1 fully saturated rings. The van der Waals surface area contributed by atoms with Crippen molar-refractivity contribution in [1.82, 2.24) is 10.1 Å². The highest BCUT2D eigenvalue weighted by molar-refractivity contribution is 6.33. The predicted octanol–water partition coefficient (Wildman–Crippen LogP) is 5.95. The van der Waals surface area contributed by atoms with Crippen LogP contribution in [0.4, 0.5) is 5.69 Å². The SMILES string of the molecule is CCCN1CC(Oc2ccc(C(=O)c3c(-c4ccccc4Cl)noc3-c3ccc(N)cc3)cc2)C1. The molecule has 0 spiro atoms. The number of anilines is 1. The minimum absolute atomic E-state index is 0.185. The largest absolute Gasteiger partial charge is 0.488 e. The molecule has 0 amide bonds. The summed E-state index contributed by atoms with van der Waals surface area (Å²) in [6.07, 6.45) is 1.33. The number of hydrogen-bond donors (Lipinski definition) is 1. The van der Waals surface area contributed by atoms with Crippen LogP contribution in [0.5, 0.6) is 5.75 Å². The lowest BCUT2D eigenvalue weighted by Gasteiger charge is -2.38. The first-order chi connectivity index (χ1) is 17.0. The van der Waals surface area contributed by atoms with Gasteiger partial charge in [0.1, 0.15) is 17.5 Å². The normalized spacial score (nSPS) is 14.0. The van der Waals surface area contributed by atoms with E-state index in [0.29, 0.717) is 44.4 Å². The van der Waals surface area contributed by atoms with Gasteiger partial charge in [-0.05, 0) is 67.6 Å². The van der Waals surface area contributed by atoms with Crippen molar-refractivity contribution in [3.63, 3.8) is 0 Å². The number of ketones is 1. The van der Waals surface area contributed by atoms with E-state index >= 15 is 0 Å². The number of ether oxygens (including phenoxy) is 1. The number of nitrogen functional groups attached to an aromatic ring is 1. The molecule has 0 unspecified atom stereocenters. The van der Waals surface area contributed by atoms with E-state index in [9.17, 15) is 4.79 Å². The van der Waals surface area contributed by atoms with Gasteiger partial charge in [0.25, 0.3) is 0 Å². The number of carbonyl (C=O) groups is 1. The Bertz CT molecular complexity index is 1330. The van der Waals surface area contributed by atoms with E-state index in [4.69, 9.17) is 26.6 Å². The molecule has 7 heteroatoms. The minimum Gasteiger partial charge on any atom is -0.488 e. The quantitative estimate of drug-likeness (QED) is 0.244. The number of nitrogens with zero attached hydrogens (tertiary/aromatic N) is 2. The van der Waals surface area contributed by atoms with E-state index in [2.05, 4.69) is 17.0 Å². The lowest BCUT2D eigenvalue weighted by molar-refractivity contribution is 0.0202. The van der Waals surface area contributed by atoms with E-state index in [1.807, 2.05) is 30.3 Å². The first-order valence-corrected chi connectivity index (χ1v) is 12.1. The molecule has 3 aromatic carbocycles. The fraction of sp³-hybridized carbons (Fsp3) is 0.214. The minimum atomic E-state index is -0.211. The number of carbonyl (C=O) groups excluding carboxylic acids is 1. The van der Waals surface area contributed by atoms with Crippen LogP contribution in [0.1, 0.15) is 29.3 Å². The number of rotatable bonds is 8. The van der Waals surface area contributed by atoms with Crippen molar-refractivity contribution in [2.75, 3.05) is 25.4 Å². The van der Waals surface area contributed by atoms with E-state index in [1.165, 1.54) is 0 Å². The molecule has 0 saturated carbocycles. The molecule has 35 heavy (non-hydrogen) atoms. The van der Waals surface area contributed by atoms with Gasteiger partial charge in [-0.15, -0.1) is 0 Å². The second kappa shape index (κ2) is 9.94. The number of aromatic nitrogens is 1. The van der Waals surface area contributed by atoms with E-state index < -0.39 is 0 Å². The number of likely N-dealkylation sites (tertiary alicyclic amines) is 1. The molecule has 2 N–H and O–H groups in total. The van der Waals surface area contributed by atoms with Crippen LogP contribution in [-0.4, -0.2) is 41.6 Å². The summed E-state index contributed by atoms with van der Waals surface area (Å²) in [5.41, 5.74) is 9.06. The zero-order valence-corrected chi connectivity index (χ0v) is 20.2. The van der Waals surface area contributed by atoms with Crippen molar-refractivity contribution in [3.05, 3.63) is 88.9 Å². The summed E-state index contributed by atoms with van der Waals surface area (Å²) in [4.78, 5) is 16.1. The number of hydrogen-bond acceptors (Lipinski definition) is 6. The molecule has 4 aromatic rings. The van der Waals surface area contributed by atoms with Gasteiger partial charge in [0.15, 0.2) is 11.5 Å². The first-order valence-electron chi connectivity index (χ1n) is 11.7. The van der Waals surface area contributed by atoms with Gasteiger partial charge < -0.3 is 15.0 Å². The van der Waals surface area contributed by atoms with Gasteiger partial charge in [0.05, 0.1) is 10.6 Å². The highest BCUT2D eigenvalue weighted by Gasteiger charge is 2.29. The Labute approximate surface area is 209 Å². The molecule has 1 aromatic heterocycles. The highest BCUT2D eigenvalue weighted by atomic mass is 35.5. The Morgan fingerprint density at radius 3 is 2.49 bits per heavy atom. The third-order valence-corrected chi connectivity index (χ3v) is 6.43. The van der Waals surface area contributed by atoms with E-state index in [-0.39, 0.29) is 11.9 Å². The van der Waals surface area contributed by atoms with Gasteiger partial charge in [-0.3, -0.25) is 9.69 Å². The molecule has 1 saturated heterocycles. The first kappa shape index (κ1) is 23.1.